The first-order valence-electron chi connectivity index (χ1n) is 7.06. The molecule has 6 heteroatoms. The first-order valence-corrected chi connectivity index (χ1v) is 9.12. The Hall–Kier alpha value is -0.980. The Kier molecular flexibility index (Phi) is 4.70. The van der Waals surface area contributed by atoms with Gasteiger partial charge in [0.2, 0.25) is 10.0 Å². The minimum absolute atomic E-state index is 0.0296. The van der Waals surface area contributed by atoms with E-state index in [0.29, 0.717) is 11.1 Å². The van der Waals surface area contributed by atoms with E-state index >= 15 is 0 Å². The lowest BCUT2D eigenvalue weighted by Gasteiger charge is -2.18. The van der Waals surface area contributed by atoms with Crippen molar-refractivity contribution in [3.8, 4) is 0 Å². The van der Waals surface area contributed by atoms with Crippen LogP contribution < -0.4 is 10.5 Å². The molecule has 0 spiro atoms. The second-order valence-corrected chi connectivity index (χ2v) is 8.70. The van der Waals surface area contributed by atoms with Crippen molar-refractivity contribution in [2.24, 2.45) is 11.1 Å². The molecule has 1 aromatic rings. The van der Waals surface area contributed by atoms with Gasteiger partial charge < -0.3 is 5.73 Å². The quantitative estimate of drug-likeness (QED) is 0.815. The Morgan fingerprint density at radius 2 is 2.10 bits per heavy atom. The molecule has 0 heterocycles. The maximum absolute atomic E-state index is 12.3. The molecule has 4 nitrogen and oxygen atoms in total. The first-order chi connectivity index (χ1) is 9.69. The summed E-state index contributed by atoms with van der Waals surface area (Å²) in [6, 6.07) is 7.14. The predicted octanol–water partition coefficient (Wildman–Crippen LogP) is 2.32. The van der Waals surface area contributed by atoms with Crippen LogP contribution in [0.2, 0.25) is 0 Å². The molecule has 0 saturated heterocycles. The molecule has 1 saturated carbocycles. The number of sulfonamides is 1. The number of nitrogens with one attached hydrogen (secondary N) is 1. The standard InChI is InChI=1S/C15H22N2O2S2/c1-15(2)8-7-12(9-15)17-21(18,19)10-11-5-3-4-6-13(11)14(16)20/h3-6,12,17H,7-10H2,1-2H3,(H2,16,20). The minimum atomic E-state index is -3.39. The molecule has 0 amide bonds. The van der Waals surface area contributed by atoms with E-state index in [1.54, 1.807) is 24.3 Å². The van der Waals surface area contributed by atoms with Gasteiger partial charge in [-0.15, -0.1) is 0 Å². The largest absolute Gasteiger partial charge is 0.389 e. The average Bonchev–Trinajstić information content (AvgIpc) is 2.67. The van der Waals surface area contributed by atoms with E-state index in [1.165, 1.54) is 0 Å². The summed E-state index contributed by atoms with van der Waals surface area (Å²) in [6.45, 7) is 4.34. The molecule has 3 N–H and O–H groups in total. The fraction of sp³-hybridized carbons (Fsp3) is 0.533. The maximum Gasteiger partial charge on any atom is 0.216 e. The van der Waals surface area contributed by atoms with Crippen LogP contribution in [-0.4, -0.2) is 19.4 Å². The Morgan fingerprint density at radius 3 is 2.67 bits per heavy atom. The van der Waals surface area contributed by atoms with E-state index in [9.17, 15) is 8.42 Å². The van der Waals surface area contributed by atoms with Gasteiger partial charge >= 0.3 is 0 Å². The highest BCUT2D eigenvalue weighted by Crippen LogP contribution is 2.37. The van der Waals surface area contributed by atoms with Gasteiger partial charge in [0.15, 0.2) is 0 Å². The third-order valence-corrected chi connectivity index (χ3v) is 5.55. The van der Waals surface area contributed by atoms with Crippen LogP contribution in [0.15, 0.2) is 24.3 Å². The summed E-state index contributed by atoms with van der Waals surface area (Å²) in [4.78, 5) is 0.225. The van der Waals surface area contributed by atoms with E-state index < -0.39 is 10.0 Å². The van der Waals surface area contributed by atoms with Crippen molar-refractivity contribution in [3.63, 3.8) is 0 Å². The summed E-state index contributed by atoms with van der Waals surface area (Å²) in [6.07, 6.45) is 2.82. The number of thiocarbonyl (C=S) groups is 1. The molecular formula is C15H22N2O2S2. The van der Waals surface area contributed by atoms with Gasteiger partial charge in [0.25, 0.3) is 0 Å². The zero-order valence-electron chi connectivity index (χ0n) is 12.4. The van der Waals surface area contributed by atoms with Gasteiger partial charge in [-0.05, 0) is 30.2 Å². The van der Waals surface area contributed by atoms with Gasteiger partial charge in [0, 0.05) is 11.6 Å². The number of rotatable bonds is 5. The van der Waals surface area contributed by atoms with Crippen molar-refractivity contribution in [1.29, 1.82) is 0 Å². The zero-order valence-corrected chi connectivity index (χ0v) is 14.1. The molecule has 0 aromatic heterocycles. The van der Waals surface area contributed by atoms with E-state index in [2.05, 4.69) is 18.6 Å². The van der Waals surface area contributed by atoms with E-state index in [0.717, 1.165) is 19.3 Å². The molecule has 1 unspecified atom stereocenters. The summed E-state index contributed by atoms with van der Waals surface area (Å²) in [5.74, 6) is -0.0859. The van der Waals surface area contributed by atoms with Crippen LogP contribution in [0.1, 0.15) is 44.2 Å². The fourth-order valence-corrected chi connectivity index (χ4v) is 4.58. The fourth-order valence-electron chi connectivity index (χ4n) is 2.92. The number of benzene rings is 1. The Labute approximate surface area is 132 Å². The summed E-state index contributed by atoms with van der Waals surface area (Å²) in [7, 11) is -3.39. The molecule has 21 heavy (non-hydrogen) atoms. The summed E-state index contributed by atoms with van der Waals surface area (Å²) in [5.41, 5.74) is 7.14. The SMILES string of the molecule is CC1(C)CCC(NS(=O)(=O)Cc2ccccc2C(N)=S)C1. The van der Waals surface area contributed by atoms with Crippen LogP contribution in [0.5, 0.6) is 0 Å². The van der Waals surface area contributed by atoms with Crippen molar-refractivity contribution < 1.29 is 8.42 Å². The number of hydrogen-bond donors (Lipinski definition) is 2. The van der Waals surface area contributed by atoms with Crippen LogP contribution in [0.3, 0.4) is 0 Å². The lowest BCUT2D eigenvalue weighted by Crippen LogP contribution is -2.34. The molecule has 0 aliphatic heterocycles. The Bertz CT molecular complexity index is 639. The molecule has 1 aromatic carbocycles. The van der Waals surface area contributed by atoms with E-state index in [4.69, 9.17) is 18.0 Å². The summed E-state index contributed by atoms with van der Waals surface area (Å²) in [5, 5.41) is 0. The van der Waals surface area contributed by atoms with Gasteiger partial charge in [0.1, 0.15) is 4.99 Å². The molecule has 2 rings (SSSR count). The maximum atomic E-state index is 12.3. The molecule has 0 radical (unpaired) electrons. The number of nitrogens with two attached hydrogens (primary N) is 1. The monoisotopic (exact) mass is 326 g/mol. The van der Waals surface area contributed by atoms with Crippen LogP contribution in [0, 0.1) is 5.41 Å². The number of hydrogen-bond acceptors (Lipinski definition) is 3. The summed E-state index contributed by atoms with van der Waals surface area (Å²) >= 11 is 4.97. The third kappa shape index (κ3) is 4.49. The minimum Gasteiger partial charge on any atom is -0.389 e. The van der Waals surface area contributed by atoms with Crippen molar-refractivity contribution in [3.05, 3.63) is 35.4 Å². The molecule has 1 atom stereocenters. The van der Waals surface area contributed by atoms with Gasteiger partial charge in [-0.25, -0.2) is 13.1 Å². The molecule has 116 valence electrons. The van der Waals surface area contributed by atoms with E-state index in [-0.39, 0.29) is 22.2 Å². The Morgan fingerprint density at radius 1 is 1.43 bits per heavy atom. The van der Waals surface area contributed by atoms with Gasteiger partial charge in [0.05, 0.1) is 5.75 Å². The smallest absolute Gasteiger partial charge is 0.216 e. The highest BCUT2D eigenvalue weighted by atomic mass is 32.2. The predicted molar refractivity (Wildman–Crippen MR) is 89.5 cm³/mol. The van der Waals surface area contributed by atoms with Crippen LogP contribution in [0.25, 0.3) is 0 Å². The van der Waals surface area contributed by atoms with Crippen LogP contribution in [-0.2, 0) is 15.8 Å². The molecule has 1 aliphatic carbocycles. The highest BCUT2D eigenvalue weighted by molar-refractivity contribution is 7.88. The van der Waals surface area contributed by atoms with Crippen molar-refractivity contribution >= 4 is 27.2 Å². The molecule has 1 fully saturated rings. The molecular weight excluding hydrogens is 304 g/mol. The second kappa shape index (κ2) is 6.02. The van der Waals surface area contributed by atoms with Gasteiger partial charge in [-0.1, -0.05) is 50.3 Å². The topological polar surface area (TPSA) is 72.2 Å². The van der Waals surface area contributed by atoms with Gasteiger partial charge in [-0.3, -0.25) is 0 Å². The Balaban J connectivity index is 2.10. The van der Waals surface area contributed by atoms with Crippen molar-refractivity contribution in [1.82, 2.24) is 4.72 Å². The second-order valence-electron chi connectivity index (χ2n) is 6.50. The lowest BCUT2D eigenvalue weighted by atomic mass is 9.92. The third-order valence-electron chi connectivity index (χ3n) is 3.94. The van der Waals surface area contributed by atoms with Crippen molar-refractivity contribution in [2.45, 2.75) is 44.9 Å². The lowest BCUT2D eigenvalue weighted by molar-refractivity contribution is 0.372. The van der Waals surface area contributed by atoms with Crippen molar-refractivity contribution in [2.75, 3.05) is 0 Å². The normalized spacial score (nSPS) is 21.3. The average molecular weight is 326 g/mol. The van der Waals surface area contributed by atoms with Gasteiger partial charge in [-0.2, -0.15) is 0 Å². The molecule has 0 bridgehead atoms. The zero-order chi connectivity index (χ0) is 15.7. The van der Waals surface area contributed by atoms with Crippen LogP contribution in [0.4, 0.5) is 0 Å². The summed E-state index contributed by atoms with van der Waals surface area (Å²) < 4.78 is 27.5. The highest BCUT2D eigenvalue weighted by Gasteiger charge is 2.33. The van der Waals surface area contributed by atoms with E-state index in [1.807, 2.05) is 0 Å². The molecule has 1 aliphatic rings. The first kappa shape index (κ1) is 16.4. The van der Waals surface area contributed by atoms with Crippen LogP contribution >= 0.6 is 12.2 Å².